The van der Waals surface area contributed by atoms with Crippen molar-refractivity contribution in [2.45, 2.75) is 58.9 Å². The molecule has 0 aromatic heterocycles. The minimum Gasteiger partial charge on any atom is -0.354 e. The zero-order valence-corrected chi connectivity index (χ0v) is 12.9. The Hall–Kier alpha value is -0.610. The van der Waals surface area contributed by atoms with Crippen molar-refractivity contribution in [3.05, 3.63) is 0 Å². The molecule has 1 heterocycles. The molecule has 1 unspecified atom stereocenters. The fraction of sp³-hybridized carbons (Fsp3) is 0.933. The second kappa shape index (κ2) is 7.85. The number of hydrogen-bond donors (Lipinski definition) is 2. The molecule has 112 valence electrons. The van der Waals surface area contributed by atoms with Crippen LogP contribution in [0.3, 0.4) is 0 Å². The van der Waals surface area contributed by atoms with Crippen LogP contribution in [-0.2, 0) is 4.79 Å². The van der Waals surface area contributed by atoms with Crippen molar-refractivity contribution in [2.75, 3.05) is 26.2 Å². The summed E-state index contributed by atoms with van der Waals surface area (Å²) >= 11 is 0. The molecule has 4 heteroatoms. The second-order valence-corrected chi connectivity index (χ2v) is 5.68. The number of carbonyl (C=O) groups is 1. The maximum Gasteiger partial charge on any atom is 0.227 e. The molecular formula is C15H31N3O. The van der Waals surface area contributed by atoms with Gasteiger partial charge in [-0.05, 0) is 38.8 Å². The van der Waals surface area contributed by atoms with Gasteiger partial charge >= 0.3 is 0 Å². The number of rotatable bonds is 7. The number of nitrogens with two attached hydrogens (primary N) is 1. The number of piperidine rings is 1. The molecule has 0 bridgehead atoms. The molecule has 1 amide bonds. The summed E-state index contributed by atoms with van der Waals surface area (Å²) in [5, 5.41) is 3.15. The summed E-state index contributed by atoms with van der Waals surface area (Å²) in [6.45, 7) is 9.75. The molecule has 1 atom stereocenters. The lowest BCUT2D eigenvalue weighted by Crippen LogP contribution is -2.51. The van der Waals surface area contributed by atoms with Crippen molar-refractivity contribution >= 4 is 5.91 Å². The number of likely N-dealkylation sites (N-methyl/N-ethyl adjacent to an activating group) is 1. The summed E-state index contributed by atoms with van der Waals surface area (Å²) in [6.07, 6.45) is 5.39. The molecule has 1 aliphatic rings. The van der Waals surface area contributed by atoms with E-state index in [4.69, 9.17) is 5.73 Å². The maximum atomic E-state index is 12.4. The summed E-state index contributed by atoms with van der Waals surface area (Å²) in [5.74, 6) is 0.140. The monoisotopic (exact) mass is 269 g/mol. The van der Waals surface area contributed by atoms with Crippen molar-refractivity contribution < 1.29 is 4.79 Å². The van der Waals surface area contributed by atoms with Crippen molar-refractivity contribution in [2.24, 2.45) is 11.1 Å². The van der Waals surface area contributed by atoms with Crippen molar-refractivity contribution in [1.82, 2.24) is 10.2 Å². The predicted molar refractivity (Wildman–Crippen MR) is 80.0 cm³/mol. The van der Waals surface area contributed by atoms with E-state index in [0.717, 1.165) is 25.9 Å². The Morgan fingerprint density at radius 1 is 1.32 bits per heavy atom. The van der Waals surface area contributed by atoms with Gasteiger partial charge < -0.3 is 11.1 Å². The van der Waals surface area contributed by atoms with Crippen LogP contribution in [0.5, 0.6) is 0 Å². The molecule has 0 aromatic rings. The highest BCUT2D eigenvalue weighted by atomic mass is 16.2. The molecule has 0 aromatic carbocycles. The van der Waals surface area contributed by atoms with E-state index in [0.29, 0.717) is 12.6 Å². The van der Waals surface area contributed by atoms with Crippen LogP contribution in [-0.4, -0.2) is 43.0 Å². The molecule has 3 N–H and O–H groups in total. The third-order valence-corrected chi connectivity index (χ3v) is 4.88. The summed E-state index contributed by atoms with van der Waals surface area (Å²) in [4.78, 5) is 14.9. The van der Waals surface area contributed by atoms with Gasteiger partial charge in [-0.15, -0.1) is 0 Å². The molecule has 0 saturated carbocycles. The van der Waals surface area contributed by atoms with Gasteiger partial charge in [0.2, 0.25) is 5.91 Å². The summed E-state index contributed by atoms with van der Waals surface area (Å²) in [5.41, 5.74) is 5.45. The van der Waals surface area contributed by atoms with Crippen LogP contribution < -0.4 is 11.1 Å². The van der Waals surface area contributed by atoms with E-state index in [2.05, 4.69) is 31.0 Å². The van der Waals surface area contributed by atoms with Gasteiger partial charge in [0, 0.05) is 19.1 Å². The van der Waals surface area contributed by atoms with E-state index >= 15 is 0 Å². The summed E-state index contributed by atoms with van der Waals surface area (Å²) in [6, 6.07) is 0.506. The number of nitrogens with one attached hydrogen (secondary N) is 1. The minimum absolute atomic E-state index is 0.140. The Balaban J connectivity index is 2.52. The van der Waals surface area contributed by atoms with E-state index in [1.807, 2.05) is 0 Å². The normalized spacial score (nSPS) is 21.4. The first kappa shape index (κ1) is 16.4. The molecule has 1 fully saturated rings. The van der Waals surface area contributed by atoms with E-state index in [9.17, 15) is 4.79 Å². The molecule has 0 radical (unpaired) electrons. The highest BCUT2D eigenvalue weighted by Crippen LogP contribution is 2.25. The highest BCUT2D eigenvalue weighted by Gasteiger charge is 2.33. The molecule has 19 heavy (non-hydrogen) atoms. The first-order valence-electron chi connectivity index (χ1n) is 7.86. The third-order valence-electron chi connectivity index (χ3n) is 4.88. The van der Waals surface area contributed by atoms with Gasteiger partial charge in [-0.2, -0.15) is 0 Å². The van der Waals surface area contributed by atoms with E-state index in [1.54, 1.807) is 0 Å². The van der Waals surface area contributed by atoms with Gasteiger partial charge in [-0.1, -0.05) is 27.2 Å². The SMILES string of the molecule is CCN1CCCCC1CNC(=O)C(CC)(CC)CN. The van der Waals surface area contributed by atoms with Gasteiger partial charge in [-0.3, -0.25) is 9.69 Å². The van der Waals surface area contributed by atoms with Crippen LogP contribution >= 0.6 is 0 Å². The van der Waals surface area contributed by atoms with Gasteiger partial charge in [0.15, 0.2) is 0 Å². The molecule has 1 aliphatic heterocycles. The highest BCUT2D eigenvalue weighted by molar-refractivity contribution is 5.82. The number of hydrogen-bond acceptors (Lipinski definition) is 3. The average Bonchev–Trinajstić information content (AvgIpc) is 2.47. The molecule has 1 saturated heterocycles. The van der Waals surface area contributed by atoms with E-state index < -0.39 is 0 Å². The van der Waals surface area contributed by atoms with Crippen LogP contribution in [0.25, 0.3) is 0 Å². The molecule has 1 rings (SSSR count). The molecule has 0 aliphatic carbocycles. The van der Waals surface area contributed by atoms with Crippen LogP contribution in [0.1, 0.15) is 52.9 Å². The summed E-state index contributed by atoms with van der Waals surface area (Å²) in [7, 11) is 0. The average molecular weight is 269 g/mol. The molecule has 4 nitrogen and oxygen atoms in total. The van der Waals surface area contributed by atoms with E-state index in [-0.39, 0.29) is 11.3 Å². The van der Waals surface area contributed by atoms with E-state index in [1.165, 1.54) is 25.8 Å². The maximum absolute atomic E-state index is 12.4. The predicted octanol–water partition coefficient (Wildman–Crippen LogP) is 1.74. The van der Waals surface area contributed by atoms with Crippen molar-refractivity contribution in [1.29, 1.82) is 0 Å². The zero-order valence-electron chi connectivity index (χ0n) is 12.9. The van der Waals surface area contributed by atoms with Gasteiger partial charge in [-0.25, -0.2) is 0 Å². The molecular weight excluding hydrogens is 238 g/mol. The fourth-order valence-electron chi connectivity index (χ4n) is 3.06. The number of carbonyl (C=O) groups excluding carboxylic acids is 1. The largest absolute Gasteiger partial charge is 0.354 e. The lowest BCUT2D eigenvalue weighted by Gasteiger charge is -2.36. The van der Waals surface area contributed by atoms with Crippen LogP contribution in [0, 0.1) is 5.41 Å². The Bertz CT molecular complexity index is 268. The van der Waals surface area contributed by atoms with Gasteiger partial charge in [0.25, 0.3) is 0 Å². The third kappa shape index (κ3) is 3.93. The molecule has 0 spiro atoms. The first-order chi connectivity index (χ1) is 9.13. The van der Waals surface area contributed by atoms with Gasteiger partial charge in [0.1, 0.15) is 0 Å². The van der Waals surface area contributed by atoms with Crippen LogP contribution in [0.15, 0.2) is 0 Å². The Kier molecular flexibility index (Phi) is 6.80. The Labute approximate surface area is 118 Å². The number of amides is 1. The van der Waals surface area contributed by atoms with Crippen LogP contribution in [0.4, 0.5) is 0 Å². The Morgan fingerprint density at radius 3 is 2.53 bits per heavy atom. The quantitative estimate of drug-likeness (QED) is 0.740. The lowest BCUT2D eigenvalue weighted by atomic mass is 9.81. The van der Waals surface area contributed by atoms with Crippen molar-refractivity contribution in [3.63, 3.8) is 0 Å². The first-order valence-corrected chi connectivity index (χ1v) is 7.86. The topological polar surface area (TPSA) is 58.4 Å². The zero-order chi connectivity index (χ0) is 14.3. The number of likely N-dealkylation sites (tertiary alicyclic amines) is 1. The second-order valence-electron chi connectivity index (χ2n) is 5.68. The Morgan fingerprint density at radius 2 is 2.00 bits per heavy atom. The smallest absolute Gasteiger partial charge is 0.227 e. The number of nitrogens with zero attached hydrogens (tertiary/aromatic N) is 1. The summed E-state index contributed by atoms with van der Waals surface area (Å²) < 4.78 is 0. The minimum atomic E-state index is -0.369. The standard InChI is InChI=1S/C15H31N3O/c1-4-15(5-2,12-16)14(19)17-11-13-9-7-8-10-18(13)6-3/h13H,4-12,16H2,1-3H3,(H,17,19). The van der Waals surface area contributed by atoms with Gasteiger partial charge in [0.05, 0.1) is 5.41 Å². The fourth-order valence-corrected chi connectivity index (χ4v) is 3.06. The van der Waals surface area contributed by atoms with Crippen molar-refractivity contribution in [3.8, 4) is 0 Å². The lowest BCUT2D eigenvalue weighted by molar-refractivity contribution is -0.131. The van der Waals surface area contributed by atoms with Crippen LogP contribution in [0.2, 0.25) is 0 Å².